The molecule has 1 atom stereocenters. The van der Waals surface area contributed by atoms with Crippen molar-refractivity contribution in [3.05, 3.63) is 64.1 Å². The fourth-order valence-electron chi connectivity index (χ4n) is 3.52. The minimum Gasteiger partial charge on any atom is -0.445 e. The summed E-state index contributed by atoms with van der Waals surface area (Å²) >= 11 is 3.51. The summed E-state index contributed by atoms with van der Waals surface area (Å²) < 4.78 is 6.59. The van der Waals surface area contributed by atoms with Crippen molar-refractivity contribution in [1.29, 1.82) is 0 Å². The number of rotatable bonds is 3. The molecular formula is C20H19BrN2O2. The minimum atomic E-state index is -0.244. The maximum absolute atomic E-state index is 12.6. The Balaban J connectivity index is 1.43. The van der Waals surface area contributed by atoms with Crippen molar-refractivity contribution in [2.24, 2.45) is 4.99 Å². The molecule has 0 saturated carbocycles. The van der Waals surface area contributed by atoms with Gasteiger partial charge in [0.05, 0.1) is 11.7 Å². The molecule has 0 unspecified atom stereocenters. The van der Waals surface area contributed by atoms with Crippen LogP contribution in [0.2, 0.25) is 0 Å². The Morgan fingerprint density at radius 3 is 2.92 bits per heavy atom. The first-order valence-corrected chi connectivity index (χ1v) is 9.33. The molecule has 0 aromatic heterocycles. The summed E-state index contributed by atoms with van der Waals surface area (Å²) in [5.74, 6) is 0. The van der Waals surface area contributed by atoms with E-state index in [2.05, 4.69) is 22.0 Å². The highest BCUT2D eigenvalue weighted by Crippen LogP contribution is 2.33. The molecule has 2 aromatic rings. The number of hydrogen-bond donors (Lipinski definition) is 0. The normalized spacial score (nSPS) is 18.8. The average molecular weight is 399 g/mol. The first kappa shape index (κ1) is 16.3. The zero-order chi connectivity index (χ0) is 17.2. The SMILES string of the molecule is O=C(OCc1ccccc1)N1CCC[C@H]1C1=Nc2ccc(Br)cc2C1. The summed E-state index contributed by atoms with van der Waals surface area (Å²) in [5.41, 5.74) is 4.31. The van der Waals surface area contributed by atoms with E-state index in [9.17, 15) is 4.79 Å². The van der Waals surface area contributed by atoms with Crippen LogP contribution in [0, 0.1) is 0 Å². The van der Waals surface area contributed by atoms with E-state index >= 15 is 0 Å². The Morgan fingerprint density at radius 1 is 1.24 bits per heavy atom. The van der Waals surface area contributed by atoms with E-state index in [1.165, 1.54) is 5.56 Å². The zero-order valence-electron chi connectivity index (χ0n) is 13.8. The monoisotopic (exact) mass is 398 g/mol. The Hall–Kier alpha value is -2.14. The van der Waals surface area contributed by atoms with Crippen molar-refractivity contribution in [3.63, 3.8) is 0 Å². The van der Waals surface area contributed by atoms with Crippen molar-refractivity contribution >= 4 is 33.4 Å². The average Bonchev–Trinajstić information content (AvgIpc) is 3.26. The molecule has 2 aliphatic heterocycles. The summed E-state index contributed by atoms with van der Waals surface area (Å²) in [6.45, 7) is 1.04. The minimum absolute atomic E-state index is 0.0504. The van der Waals surface area contributed by atoms with Gasteiger partial charge in [-0.05, 0) is 42.2 Å². The van der Waals surface area contributed by atoms with E-state index < -0.39 is 0 Å². The Kier molecular flexibility index (Phi) is 4.57. The summed E-state index contributed by atoms with van der Waals surface area (Å²) in [5, 5.41) is 0. The lowest BCUT2D eigenvalue weighted by atomic mass is 10.0. The van der Waals surface area contributed by atoms with Crippen LogP contribution >= 0.6 is 15.9 Å². The third kappa shape index (κ3) is 3.47. The number of halogens is 1. The lowest BCUT2D eigenvalue weighted by Crippen LogP contribution is -2.40. The summed E-state index contributed by atoms with van der Waals surface area (Å²) in [7, 11) is 0. The van der Waals surface area contributed by atoms with E-state index in [1.807, 2.05) is 47.4 Å². The van der Waals surface area contributed by atoms with Gasteiger partial charge < -0.3 is 4.74 Å². The third-order valence-electron chi connectivity index (χ3n) is 4.75. The fraction of sp³-hybridized carbons (Fsp3) is 0.300. The maximum atomic E-state index is 12.6. The lowest BCUT2D eigenvalue weighted by molar-refractivity contribution is 0.0991. The van der Waals surface area contributed by atoms with Crippen LogP contribution in [0.3, 0.4) is 0 Å². The number of carbonyl (C=O) groups excluding carboxylic acids is 1. The van der Waals surface area contributed by atoms with Crippen molar-refractivity contribution in [2.45, 2.75) is 31.9 Å². The summed E-state index contributed by atoms with van der Waals surface area (Å²) in [4.78, 5) is 19.2. The van der Waals surface area contributed by atoms with E-state index in [4.69, 9.17) is 9.73 Å². The van der Waals surface area contributed by atoms with E-state index in [0.29, 0.717) is 6.61 Å². The molecule has 0 N–H and O–H groups in total. The molecule has 128 valence electrons. The predicted molar refractivity (Wildman–Crippen MR) is 101 cm³/mol. The highest BCUT2D eigenvalue weighted by molar-refractivity contribution is 9.10. The second-order valence-corrected chi connectivity index (χ2v) is 7.36. The second kappa shape index (κ2) is 7.00. The van der Waals surface area contributed by atoms with Gasteiger partial charge in [-0.1, -0.05) is 46.3 Å². The van der Waals surface area contributed by atoms with Gasteiger partial charge in [0.2, 0.25) is 0 Å². The van der Waals surface area contributed by atoms with Crippen molar-refractivity contribution in [2.75, 3.05) is 6.54 Å². The number of aliphatic imine (C=N–C) groups is 1. The second-order valence-electron chi connectivity index (χ2n) is 6.44. The van der Waals surface area contributed by atoms with Gasteiger partial charge in [-0.25, -0.2) is 4.79 Å². The van der Waals surface area contributed by atoms with Gasteiger partial charge in [0.1, 0.15) is 6.61 Å². The van der Waals surface area contributed by atoms with Gasteiger partial charge in [-0.3, -0.25) is 9.89 Å². The number of hydrogen-bond acceptors (Lipinski definition) is 3. The number of ether oxygens (including phenoxy) is 1. The van der Waals surface area contributed by atoms with Gasteiger partial charge in [0.25, 0.3) is 0 Å². The van der Waals surface area contributed by atoms with Crippen LogP contribution in [0.4, 0.5) is 10.5 Å². The van der Waals surface area contributed by atoms with Gasteiger partial charge in [-0.15, -0.1) is 0 Å². The molecule has 1 saturated heterocycles. The van der Waals surface area contributed by atoms with Crippen molar-refractivity contribution in [1.82, 2.24) is 4.90 Å². The van der Waals surface area contributed by atoms with E-state index in [1.54, 1.807) is 0 Å². The van der Waals surface area contributed by atoms with Crippen LogP contribution in [-0.2, 0) is 17.8 Å². The zero-order valence-corrected chi connectivity index (χ0v) is 15.4. The molecule has 4 nitrogen and oxygen atoms in total. The summed E-state index contributed by atoms with van der Waals surface area (Å²) in [6.07, 6.45) is 2.51. The van der Waals surface area contributed by atoms with Gasteiger partial charge in [0.15, 0.2) is 0 Å². The number of amides is 1. The molecule has 0 radical (unpaired) electrons. The molecule has 0 aliphatic carbocycles. The number of likely N-dealkylation sites (tertiary alicyclic amines) is 1. The molecule has 5 heteroatoms. The fourth-order valence-corrected chi connectivity index (χ4v) is 3.93. The largest absolute Gasteiger partial charge is 0.445 e. The molecule has 0 bridgehead atoms. The molecule has 4 rings (SSSR count). The van der Waals surface area contributed by atoms with Crippen LogP contribution in [0.25, 0.3) is 0 Å². The number of fused-ring (bicyclic) bond motifs is 1. The van der Waals surface area contributed by atoms with Gasteiger partial charge in [0, 0.05) is 23.1 Å². The van der Waals surface area contributed by atoms with Gasteiger partial charge in [-0.2, -0.15) is 0 Å². The van der Waals surface area contributed by atoms with E-state index in [0.717, 1.165) is 47.2 Å². The highest BCUT2D eigenvalue weighted by Gasteiger charge is 2.35. The first-order chi connectivity index (χ1) is 12.2. The molecule has 1 fully saturated rings. The molecule has 2 heterocycles. The first-order valence-electron chi connectivity index (χ1n) is 8.54. The smallest absolute Gasteiger partial charge is 0.410 e. The Bertz CT molecular complexity index is 820. The van der Waals surface area contributed by atoms with Crippen LogP contribution in [0.15, 0.2) is 58.0 Å². The third-order valence-corrected chi connectivity index (χ3v) is 5.25. The lowest BCUT2D eigenvalue weighted by Gasteiger charge is -2.24. The van der Waals surface area contributed by atoms with E-state index in [-0.39, 0.29) is 12.1 Å². The highest BCUT2D eigenvalue weighted by atomic mass is 79.9. The molecule has 2 aliphatic rings. The van der Waals surface area contributed by atoms with Crippen LogP contribution in [0.5, 0.6) is 0 Å². The number of benzene rings is 2. The molecular weight excluding hydrogens is 380 g/mol. The summed E-state index contributed by atoms with van der Waals surface area (Å²) in [6, 6.07) is 16.0. The predicted octanol–water partition coefficient (Wildman–Crippen LogP) is 4.88. The molecule has 0 spiro atoms. The number of carbonyl (C=O) groups is 1. The quantitative estimate of drug-likeness (QED) is 0.739. The number of nitrogens with zero attached hydrogens (tertiary/aromatic N) is 2. The van der Waals surface area contributed by atoms with Crippen molar-refractivity contribution in [3.8, 4) is 0 Å². The van der Waals surface area contributed by atoms with Crippen LogP contribution < -0.4 is 0 Å². The Labute approximate surface area is 155 Å². The standard InChI is InChI=1S/C20H19BrN2O2/c21-16-8-9-17-15(11-16)12-18(22-17)19-7-4-10-23(19)20(24)25-13-14-5-2-1-3-6-14/h1-3,5-6,8-9,11,19H,4,7,10,12-13H2/t19-/m0/s1. The van der Waals surface area contributed by atoms with Crippen LogP contribution in [0.1, 0.15) is 24.0 Å². The molecule has 2 aromatic carbocycles. The molecule has 1 amide bonds. The topological polar surface area (TPSA) is 41.9 Å². The Morgan fingerprint density at radius 2 is 2.08 bits per heavy atom. The molecule has 25 heavy (non-hydrogen) atoms. The van der Waals surface area contributed by atoms with Crippen LogP contribution in [-0.4, -0.2) is 29.3 Å². The maximum Gasteiger partial charge on any atom is 0.410 e. The van der Waals surface area contributed by atoms with Crippen molar-refractivity contribution < 1.29 is 9.53 Å². The van der Waals surface area contributed by atoms with Gasteiger partial charge >= 0.3 is 6.09 Å².